The van der Waals surface area contributed by atoms with Crippen molar-refractivity contribution in [2.45, 2.75) is 63.6 Å². The second kappa shape index (κ2) is 6.89. The lowest BCUT2D eigenvalue weighted by molar-refractivity contribution is 0.263. The predicted octanol–water partition coefficient (Wildman–Crippen LogP) is 3.23. The number of aliphatic hydroxyl groups is 1. The third kappa shape index (κ3) is 4.05. The van der Waals surface area contributed by atoms with Gasteiger partial charge in [-0.05, 0) is 6.42 Å². The standard InChI is InChI=1S/C14H22N4OS2/c1-5-6-18-11(7-19)16-17-13(18)21-9-10-8-20-12(15-10)14(2,3)4/h8,19H,5-7,9H2,1-4H3. The first-order valence-electron chi connectivity index (χ1n) is 7.06. The average Bonchev–Trinajstić information content (AvgIpc) is 3.03. The fourth-order valence-electron chi connectivity index (χ4n) is 1.85. The lowest BCUT2D eigenvalue weighted by Gasteiger charge is -2.13. The van der Waals surface area contributed by atoms with E-state index in [2.05, 4.69) is 43.3 Å². The van der Waals surface area contributed by atoms with Crippen molar-refractivity contribution in [3.63, 3.8) is 0 Å². The smallest absolute Gasteiger partial charge is 0.191 e. The zero-order valence-electron chi connectivity index (χ0n) is 13.0. The van der Waals surface area contributed by atoms with Gasteiger partial charge in [-0.15, -0.1) is 21.5 Å². The van der Waals surface area contributed by atoms with Crippen molar-refractivity contribution in [3.8, 4) is 0 Å². The third-order valence-corrected chi connectivity index (χ3v) is 5.24. The van der Waals surface area contributed by atoms with Crippen LogP contribution in [0.25, 0.3) is 0 Å². The number of hydrogen-bond acceptors (Lipinski definition) is 6. The van der Waals surface area contributed by atoms with Gasteiger partial charge in [-0.3, -0.25) is 0 Å². The van der Waals surface area contributed by atoms with Gasteiger partial charge in [0, 0.05) is 23.1 Å². The van der Waals surface area contributed by atoms with Gasteiger partial charge in [-0.25, -0.2) is 4.98 Å². The first kappa shape index (κ1) is 16.5. The van der Waals surface area contributed by atoms with Crippen LogP contribution in [-0.2, 0) is 24.3 Å². The first-order valence-corrected chi connectivity index (χ1v) is 8.92. The summed E-state index contributed by atoms with van der Waals surface area (Å²) in [5.41, 5.74) is 1.17. The summed E-state index contributed by atoms with van der Waals surface area (Å²) in [7, 11) is 0. The highest BCUT2D eigenvalue weighted by Gasteiger charge is 2.18. The Labute approximate surface area is 133 Å². The third-order valence-electron chi connectivity index (χ3n) is 2.92. The van der Waals surface area contributed by atoms with Crippen molar-refractivity contribution in [1.82, 2.24) is 19.7 Å². The van der Waals surface area contributed by atoms with Gasteiger partial charge in [0.25, 0.3) is 0 Å². The van der Waals surface area contributed by atoms with Gasteiger partial charge in [-0.1, -0.05) is 39.5 Å². The van der Waals surface area contributed by atoms with E-state index in [1.165, 1.54) is 0 Å². The number of hydrogen-bond donors (Lipinski definition) is 1. The van der Waals surface area contributed by atoms with Gasteiger partial charge >= 0.3 is 0 Å². The van der Waals surface area contributed by atoms with Crippen LogP contribution in [0.2, 0.25) is 0 Å². The maximum Gasteiger partial charge on any atom is 0.191 e. The molecule has 5 nitrogen and oxygen atoms in total. The number of rotatable bonds is 6. The van der Waals surface area contributed by atoms with Gasteiger partial charge < -0.3 is 9.67 Å². The largest absolute Gasteiger partial charge is 0.388 e. The molecule has 7 heteroatoms. The van der Waals surface area contributed by atoms with E-state index in [0.717, 1.165) is 34.6 Å². The molecule has 116 valence electrons. The van der Waals surface area contributed by atoms with E-state index in [1.807, 2.05) is 4.57 Å². The summed E-state index contributed by atoms with van der Waals surface area (Å²) in [5.74, 6) is 1.41. The molecule has 0 aliphatic heterocycles. The van der Waals surface area contributed by atoms with Crippen molar-refractivity contribution in [1.29, 1.82) is 0 Å². The summed E-state index contributed by atoms with van der Waals surface area (Å²) >= 11 is 3.33. The number of nitrogens with zero attached hydrogens (tertiary/aromatic N) is 4. The number of thioether (sulfide) groups is 1. The molecule has 0 saturated carbocycles. The van der Waals surface area contributed by atoms with Crippen LogP contribution >= 0.6 is 23.1 Å². The molecule has 0 atom stereocenters. The number of aliphatic hydroxyl groups excluding tert-OH is 1. The molecule has 0 saturated heterocycles. The molecule has 2 heterocycles. The lowest BCUT2D eigenvalue weighted by atomic mass is 9.98. The fourth-order valence-corrected chi connectivity index (χ4v) is 3.74. The molecule has 0 aliphatic carbocycles. The van der Waals surface area contributed by atoms with E-state index in [-0.39, 0.29) is 12.0 Å². The Morgan fingerprint density at radius 3 is 2.67 bits per heavy atom. The Kier molecular flexibility index (Phi) is 5.40. The summed E-state index contributed by atoms with van der Waals surface area (Å²) in [6.07, 6.45) is 0.990. The lowest BCUT2D eigenvalue weighted by Crippen LogP contribution is -2.10. The summed E-state index contributed by atoms with van der Waals surface area (Å²) < 4.78 is 1.99. The molecule has 0 amide bonds. The molecule has 0 spiro atoms. The van der Waals surface area contributed by atoms with Gasteiger partial charge in [0.15, 0.2) is 11.0 Å². The Hall–Kier alpha value is -0.920. The second-order valence-electron chi connectivity index (χ2n) is 5.89. The normalized spacial score (nSPS) is 12.0. The second-order valence-corrected chi connectivity index (χ2v) is 7.69. The number of aromatic nitrogens is 4. The summed E-state index contributed by atoms with van der Waals surface area (Å²) in [4.78, 5) is 4.69. The molecule has 21 heavy (non-hydrogen) atoms. The van der Waals surface area contributed by atoms with Crippen LogP contribution in [0, 0.1) is 0 Å². The topological polar surface area (TPSA) is 63.8 Å². The van der Waals surface area contributed by atoms with Crippen molar-refractivity contribution in [3.05, 3.63) is 21.9 Å². The Bertz CT molecular complexity index is 586. The van der Waals surface area contributed by atoms with Crippen LogP contribution in [0.4, 0.5) is 0 Å². The SMILES string of the molecule is CCCn1c(CO)nnc1SCc1csc(C(C)(C)C)n1. The van der Waals surface area contributed by atoms with Gasteiger partial charge in [0.05, 0.1) is 10.7 Å². The molecule has 0 aliphatic rings. The maximum absolute atomic E-state index is 9.29. The van der Waals surface area contributed by atoms with Crippen LogP contribution in [0.5, 0.6) is 0 Å². The van der Waals surface area contributed by atoms with Gasteiger partial charge in [0.1, 0.15) is 6.61 Å². The van der Waals surface area contributed by atoms with Crippen LogP contribution in [0.15, 0.2) is 10.5 Å². The van der Waals surface area contributed by atoms with Crippen molar-refractivity contribution in [2.75, 3.05) is 0 Å². The highest BCUT2D eigenvalue weighted by Crippen LogP contribution is 2.28. The summed E-state index contributed by atoms with van der Waals surface area (Å²) in [6, 6.07) is 0. The van der Waals surface area contributed by atoms with E-state index in [1.54, 1.807) is 23.1 Å². The molecular formula is C14H22N4OS2. The predicted molar refractivity (Wildman–Crippen MR) is 86.6 cm³/mol. The van der Waals surface area contributed by atoms with E-state index < -0.39 is 0 Å². The van der Waals surface area contributed by atoms with Crippen LogP contribution < -0.4 is 0 Å². The molecular weight excluding hydrogens is 304 g/mol. The minimum Gasteiger partial charge on any atom is -0.388 e. The van der Waals surface area contributed by atoms with E-state index >= 15 is 0 Å². The van der Waals surface area contributed by atoms with Crippen LogP contribution in [-0.4, -0.2) is 24.9 Å². The monoisotopic (exact) mass is 326 g/mol. The van der Waals surface area contributed by atoms with Gasteiger partial charge in [0.2, 0.25) is 0 Å². The number of thiazole rings is 1. The van der Waals surface area contributed by atoms with Crippen LogP contribution in [0.1, 0.15) is 50.6 Å². The van der Waals surface area contributed by atoms with Crippen molar-refractivity contribution >= 4 is 23.1 Å². The summed E-state index contributed by atoms with van der Waals surface area (Å²) in [5, 5.41) is 21.6. The fraction of sp³-hybridized carbons (Fsp3) is 0.643. The zero-order valence-corrected chi connectivity index (χ0v) is 14.6. The molecule has 2 aromatic heterocycles. The molecule has 0 radical (unpaired) electrons. The quantitative estimate of drug-likeness (QED) is 0.826. The highest BCUT2D eigenvalue weighted by atomic mass is 32.2. The summed E-state index contributed by atoms with van der Waals surface area (Å²) in [6.45, 7) is 9.39. The van der Waals surface area contributed by atoms with Crippen LogP contribution in [0.3, 0.4) is 0 Å². The van der Waals surface area contributed by atoms with Gasteiger partial charge in [-0.2, -0.15) is 0 Å². The van der Waals surface area contributed by atoms with E-state index in [0.29, 0.717) is 5.82 Å². The molecule has 0 bridgehead atoms. The Morgan fingerprint density at radius 1 is 1.33 bits per heavy atom. The Balaban J connectivity index is 2.06. The Morgan fingerprint density at radius 2 is 2.10 bits per heavy atom. The van der Waals surface area contributed by atoms with E-state index in [4.69, 9.17) is 4.98 Å². The molecule has 0 fully saturated rings. The zero-order chi connectivity index (χ0) is 15.5. The molecule has 2 aromatic rings. The van der Waals surface area contributed by atoms with E-state index in [9.17, 15) is 5.11 Å². The van der Waals surface area contributed by atoms with Crippen molar-refractivity contribution in [2.24, 2.45) is 0 Å². The average molecular weight is 326 g/mol. The molecule has 0 unspecified atom stereocenters. The minimum absolute atomic E-state index is 0.0710. The molecule has 1 N–H and O–H groups in total. The molecule has 0 aromatic carbocycles. The highest BCUT2D eigenvalue weighted by molar-refractivity contribution is 7.98. The minimum atomic E-state index is -0.0710. The maximum atomic E-state index is 9.29. The first-order chi connectivity index (χ1) is 9.95. The van der Waals surface area contributed by atoms with Crippen molar-refractivity contribution < 1.29 is 5.11 Å². The molecule has 2 rings (SSSR count).